The summed E-state index contributed by atoms with van der Waals surface area (Å²) < 4.78 is 0. The zero-order valence-electron chi connectivity index (χ0n) is 18.5. The highest BCUT2D eigenvalue weighted by Crippen LogP contribution is 2.31. The van der Waals surface area contributed by atoms with Crippen LogP contribution in [0, 0.1) is 6.92 Å². The highest BCUT2D eigenvalue weighted by Gasteiger charge is 2.09. The van der Waals surface area contributed by atoms with Gasteiger partial charge in [-0.3, -0.25) is 9.59 Å². The maximum atomic E-state index is 12.5. The average Bonchev–Trinajstić information content (AvgIpc) is 2.83. The van der Waals surface area contributed by atoms with Crippen LogP contribution in [0.15, 0.2) is 101 Å². The molecule has 0 heterocycles. The van der Waals surface area contributed by atoms with Crippen molar-refractivity contribution in [1.29, 1.82) is 0 Å². The van der Waals surface area contributed by atoms with Crippen LogP contribution in [-0.2, 0) is 0 Å². The minimum Gasteiger partial charge on any atom is -0.399 e. The van der Waals surface area contributed by atoms with E-state index >= 15 is 0 Å². The van der Waals surface area contributed by atoms with E-state index in [0.29, 0.717) is 28.2 Å². The Labute approximate surface area is 202 Å². The lowest BCUT2D eigenvalue weighted by Crippen LogP contribution is -2.12. The van der Waals surface area contributed by atoms with Crippen LogP contribution in [0.2, 0.25) is 0 Å². The van der Waals surface area contributed by atoms with E-state index < -0.39 is 0 Å². The number of nitrogen functional groups attached to an aromatic ring is 2. The molecular formula is C27H24N4O2S. The predicted octanol–water partition coefficient (Wildman–Crippen LogP) is 5.82. The summed E-state index contributed by atoms with van der Waals surface area (Å²) in [5.74, 6) is -0.368. The highest BCUT2D eigenvalue weighted by molar-refractivity contribution is 7.99. The lowest BCUT2D eigenvalue weighted by atomic mass is 10.1. The van der Waals surface area contributed by atoms with Crippen molar-refractivity contribution >= 4 is 46.3 Å². The third-order valence-corrected chi connectivity index (χ3v) is 6.14. The molecule has 0 bridgehead atoms. The van der Waals surface area contributed by atoms with Crippen molar-refractivity contribution in [3.63, 3.8) is 0 Å². The number of benzene rings is 4. The van der Waals surface area contributed by atoms with Crippen LogP contribution in [0.4, 0.5) is 22.7 Å². The summed E-state index contributed by atoms with van der Waals surface area (Å²) in [6.07, 6.45) is 0. The molecule has 0 aromatic heterocycles. The molecule has 0 spiro atoms. The topological polar surface area (TPSA) is 110 Å². The van der Waals surface area contributed by atoms with E-state index in [2.05, 4.69) is 10.6 Å². The molecule has 0 aliphatic carbocycles. The Morgan fingerprint density at radius 1 is 0.647 bits per heavy atom. The van der Waals surface area contributed by atoms with Crippen LogP contribution in [0.25, 0.3) is 0 Å². The Balaban J connectivity index is 1.37. The number of hydrogen-bond donors (Lipinski definition) is 4. The third-order valence-electron chi connectivity index (χ3n) is 5.14. The summed E-state index contributed by atoms with van der Waals surface area (Å²) in [6.45, 7) is 1.96. The van der Waals surface area contributed by atoms with Crippen molar-refractivity contribution in [2.75, 3.05) is 22.1 Å². The first kappa shape index (κ1) is 22.9. The molecule has 6 nitrogen and oxygen atoms in total. The molecule has 0 aliphatic heterocycles. The maximum Gasteiger partial charge on any atom is 0.255 e. The molecule has 7 heteroatoms. The molecule has 4 rings (SSSR count). The number of carbonyl (C=O) groups is 2. The number of carbonyl (C=O) groups excluding carboxylic acids is 2. The first-order valence-corrected chi connectivity index (χ1v) is 11.4. The molecule has 4 aromatic rings. The first-order valence-electron chi connectivity index (χ1n) is 10.6. The van der Waals surface area contributed by atoms with Crippen molar-refractivity contribution in [1.82, 2.24) is 0 Å². The first-order chi connectivity index (χ1) is 16.4. The Morgan fingerprint density at radius 2 is 1.15 bits per heavy atom. The van der Waals surface area contributed by atoms with Crippen molar-refractivity contribution in [3.8, 4) is 0 Å². The van der Waals surface area contributed by atoms with Gasteiger partial charge in [0, 0.05) is 43.7 Å². The number of nitrogens with two attached hydrogens (primary N) is 2. The van der Waals surface area contributed by atoms with Crippen LogP contribution in [0.3, 0.4) is 0 Å². The smallest absolute Gasteiger partial charge is 0.255 e. The van der Waals surface area contributed by atoms with Crippen molar-refractivity contribution in [2.45, 2.75) is 16.7 Å². The van der Waals surface area contributed by atoms with Gasteiger partial charge in [-0.2, -0.15) is 0 Å². The van der Waals surface area contributed by atoms with E-state index in [1.54, 1.807) is 60.3 Å². The van der Waals surface area contributed by atoms with Gasteiger partial charge in [-0.1, -0.05) is 11.8 Å². The molecule has 0 unspecified atom stereocenters. The van der Waals surface area contributed by atoms with Gasteiger partial charge in [0.1, 0.15) is 0 Å². The molecule has 0 atom stereocenters. The molecule has 170 valence electrons. The van der Waals surface area contributed by atoms with Gasteiger partial charge in [0.25, 0.3) is 11.8 Å². The second kappa shape index (κ2) is 10.1. The van der Waals surface area contributed by atoms with E-state index in [1.165, 1.54) is 0 Å². The van der Waals surface area contributed by atoms with Crippen LogP contribution < -0.4 is 22.1 Å². The zero-order chi connectivity index (χ0) is 24.1. The van der Waals surface area contributed by atoms with E-state index in [4.69, 9.17) is 11.5 Å². The lowest BCUT2D eigenvalue weighted by molar-refractivity contribution is 0.101. The summed E-state index contributed by atoms with van der Waals surface area (Å²) >= 11 is 1.60. The van der Waals surface area contributed by atoms with Gasteiger partial charge in [0.05, 0.1) is 0 Å². The number of nitrogens with one attached hydrogen (secondary N) is 2. The molecule has 0 radical (unpaired) electrons. The minimum absolute atomic E-state index is 0.180. The summed E-state index contributed by atoms with van der Waals surface area (Å²) in [5.41, 5.74) is 16.1. The summed E-state index contributed by atoms with van der Waals surface area (Å²) in [4.78, 5) is 26.9. The molecule has 0 aliphatic rings. The van der Waals surface area contributed by atoms with Gasteiger partial charge < -0.3 is 22.1 Å². The number of amides is 2. The Morgan fingerprint density at radius 3 is 1.68 bits per heavy atom. The summed E-state index contributed by atoms with van der Waals surface area (Å²) in [6, 6.07) is 27.1. The highest BCUT2D eigenvalue weighted by atomic mass is 32.2. The Hall–Kier alpha value is -4.23. The molecule has 6 N–H and O–H groups in total. The van der Waals surface area contributed by atoms with Gasteiger partial charge in [0.15, 0.2) is 0 Å². The van der Waals surface area contributed by atoms with E-state index in [0.717, 1.165) is 21.0 Å². The Kier molecular flexibility index (Phi) is 6.85. The van der Waals surface area contributed by atoms with Gasteiger partial charge in [0.2, 0.25) is 0 Å². The molecule has 4 aromatic carbocycles. The summed E-state index contributed by atoms with van der Waals surface area (Å²) in [7, 11) is 0. The maximum absolute atomic E-state index is 12.5. The van der Waals surface area contributed by atoms with Crippen molar-refractivity contribution in [2.24, 2.45) is 0 Å². The fourth-order valence-corrected chi connectivity index (χ4v) is 4.17. The van der Waals surface area contributed by atoms with E-state index in [1.807, 2.05) is 49.4 Å². The fourth-order valence-electron chi connectivity index (χ4n) is 3.25. The molecule has 34 heavy (non-hydrogen) atoms. The fraction of sp³-hybridized carbons (Fsp3) is 0.0370. The number of hydrogen-bond acceptors (Lipinski definition) is 5. The standard InChI is InChI=1S/C27H24N4O2S/c1-17-16-24(14-15-25(17)31-27(33)19-4-8-21(29)9-5-19)34-23-12-10-22(11-13-23)30-26(32)18-2-6-20(28)7-3-18/h2-16H,28-29H2,1H3,(H,30,32)(H,31,33). The molecule has 0 fully saturated rings. The van der Waals surface area contributed by atoms with Crippen molar-refractivity contribution < 1.29 is 9.59 Å². The number of anilines is 4. The quantitative estimate of drug-likeness (QED) is 0.267. The monoisotopic (exact) mass is 468 g/mol. The molecule has 0 saturated heterocycles. The van der Waals surface area contributed by atoms with Crippen LogP contribution in [0.1, 0.15) is 26.3 Å². The van der Waals surface area contributed by atoms with E-state index in [9.17, 15) is 9.59 Å². The van der Waals surface area contributed by atoms with Gasteiger partial charge in [-0.25, -0.2) is 0 Å². The van der Waals surface area contributed by atoms with Crippen LogP contribution in [-0.4, -0.2) is 11.8 Å². The minimum atomic E-state index is -0.187. The average molecular weight is 469 g/mol. The second-order valence-electron chi connectivity index (χ2n) is 7.76. The van der Waals surface area contributed by atoms with Crippen LogP contribution >= 0.6 is 11.8 Å². The lowest BCUT2D eigenvalue weighted by Gasteiger charge is -2.11. The Bertz CT molecular complexity index is 1320. The predicted molar refractivity (Wildman–Crippen MR) is 139 cm³/mol. The molecule has 2 amide bonds. The molecular weight excluding hydrogens is 444 g/mol. The van der Waals surface area contributed by atoms with Gasteiger partial charge >= 0.3 is 0 Å². The van der Waals surface area contributed by atoms with Gasteiger partial charge in [-0.05, 0) is 103 Å². The summed E-state index contributed by atoms with van der Waals surface area (Å²) in [5, 5.41) is 5.83. The van der Waals surface area contributed by atoms with Gasteiger partial charge in [-0.15, -0.1) is 0 Å². The molecule has 0 saturated carbocycles. The zero-order valence-corrected chi connectivity index (χ0v) is 19.4. The third kappa shape index (κ3) is 5.76. The van der Waals surface area contributed by atoms with Crippen LogP contribution in [0.5, 0.6) is 0 Å². The largest absolute Gasteiger partial charge is 0.399 e. The van der Waals surface area contributed by atoms with E-state index in [-0.39, 0.29) is 11.8 Å². The number of aryl methyl sites for hydroxylation is 1. The number of rotatable bonds is 6. The SMILES string of the molecule is Cc1cc(Sc2ccc(NC(=O)c3ccc(N)cc3)cc2)ccc1NC(=O)c1ccc(N)cc1. The second-order valence-corrected chi connectivity index (χ2v) is 8.90. The van der Waals surface area contributed by atoms with Crippen molar-refractivity contribution in [3.05, 3.63) is 108 Å². The normalized spacial score (nSPS) is 10.5.